The molecule has 0 bridgehead atoms. The highest BCUT2D eigenvalue weighted by atomic mass is 32.2. The lowest BCUT2D eigenvalue weighted by molar-refractivity contribution is -0.139. The van der Waals surface area contributed by atoms with Crippen molar-refractivity contribution in [1.29, 1.82) is 0 Å². The Morgan fingerprint density at radius 3 is 2.58 bits per heavy atom. The predicted molar refractivity (Wildman–Crippen MR) is 75.1 cm³/mol. The molecule has 3 N–H and O–H groups in total. The number of nitrogens with one attached hydrogen (secondary N) is 2. The van der Waals surface area contributed by atoms with E-state index in [1.165, 1.54) is 11.8 Å². The van der Waals surface area contributed by atoms with Crippen LogP contribution >= 0.6 is 11.8 Å². The van der Waals surface area contributed by atoms with Crippen LogP contribution in [0.5, 0.6) is 0 Å². The predicted octanol–water partition coefficient (Wildman–Crippen LogP) is 0.614. The van der Waals surface area contributed by atoms with E-state index in [2.05, 4.69) is 17.6 Å². The van der Waals surface area contributed by atoms with E-state index in [0.717, 1.165) is 19.3 Å². The maximum atomic E-state index is 11.7. The molecule has 2 amide bonds. The van der Waals surface area contributed by atoms with Crippen LogP contribution in [-0.4, -0.2) is 47.0 Å². The van der Waals surface area contributed by atoms with Gasteiger partial charge in [-0.25, -0.2) is 4.79 Å². The number of amides is 2. The van der Waals surface area contributed by atoms with Gasteiger partial charge in [-0.2, -0.15) is 0 Å². The summed E-state index contributed by atoms with van der Waals surface area (Å²) in [5.74, 6) is -1.04. The summed E-state index contributed by atoms with van der Waals surface area (Å²) in [5, 5.41) is 13.5. The molecule has 0 aliphatic carbocycles. The van der Waals surface area contributed by atoms with E-state index in [1.54, 1.807) is 6.92 Å². The van der Waals surface area contributed by atoms with Gasteiger partial charge >= 0.3 is 5.97 Å². The number of carboxylic acids is 1. The molecule has 0 fully saturated rings. The lowest BCUT2D eigenvalue weighted by Gasteiger charge is -2.15. The molecule has 0 heterocycles. The zero-order chi connectivity index (χ0) is 14.7. The molecule has 2 unspecified atom stereocenters. The molecular weight excluding hydrogens is 268 g/mol. The summed E-state index contributed by atoms with van der Waals surface area (Å²) < 4.78 is 0. The Bertz CT molecular complexity index is 299. The molecule has 0 spiro atoms. The average molecular weight is 290 g/mol. The van der Waals surface area contributed by atoms with E-state index in [4.69, 9.17) is 5.11 Å². The molecular formula is C12H22N2O4S. The number of hydrogen-bond donors (Lipinski definition) is 3. The number of carboxylic acid groups (broad SMARTS) is 1. The highest BCUT2D eigenvalue weighted by Gasteiger charge is 2.20. The molecule has 6 nitrogen and oxygen atoms in total. The molecule has 0 saturated heterocycles. The fourth-order valence-electron chi connectivity index (χ4n) is 1.32. The van der Waals surface area contributed by atoms with Crippen molar-refractivity contribution in [3.05, 3.63) is 0 Å². The van der Waals surface area contributed by atoms with Crippen molar-refractivity contribution >= 4 is 30.0 Å². The van der Waals surface area contributed by atoms with Crippen molar-refractivity contribution in [2.45, 2.75) is 44.4 Å². The Morgan fingerprint density at radius 1 is 1.37 bits per heavy atom. The summed E-state index contributed by atoms with van der Waals surface area (Å²) in [4.78, 5) is 32.7. The Balaban J connectivity index is 3.93. The minimum Gasteiger partial charge on any atom is -0.480 e. The summed E-state index contributed by atoms with van der Waals surface area (Å²) in [6.45, 7) is 4.46. The van der Waals surface area contributed by atoms with Crippen LogP contribution in [0, 0.1) is 0 Å². The van der Waals surface area contributed by atoms with Crippen LogP contribution in [0.1, 0.15) is 33.1 Å². The fraction of sp³-hybridized carbons (Fsp3) is 0.750. The zero-order valence-corrected chi connectivity index (χ0v) is 12.2. The minimum atomic E-state index is -1.10. The second-order valence-corrected chi connectivity index (χ2v) is 5.52. The lowest BCUT2D eigenvalue weighted by atomic mass is 10.2. The number of carbonyl (C=O) groups excluding carboxylic acids is 2. The van der Waals surface area contributed by atoms with E-state index in [0.29, 0.717) is 13.0 Å². The van der Waals surface area contributed by atoms with Gasteiger partial charge in [-0.05, 0) is 13.3 Å². The van der Waals surface area contributed by atoms with Gasteiger partial charge in [0.15, 0.2) is 0 Å². The number of hydrogen-bond acceptors (Lipinski definition) is 4. The highest BCUT2D eigenvalue weighted by molar-refractivity contribution is 8.00. The third-order valence-electron chi connectivity index (χ3n) is 2.53. The van der Waals surface area contributed by atoms with Crippen molar-refractivity contribution in [2.24, 2.45) is 0 Å². The first-order chi connectivity index (χ1) is 9.02. The Hall–Kier alpha value is -1.24. The van der Waals surface area contributed by atoms with E-state index in [-0.39, 0.29) is 16.9 Å². The SMILES string of the molecule is CCCCCNC(=O)C(C)SCC(NC=O)C(=O)O. The van der Waals surface area contributed by atoms with Crippen LogP contribution in [0.3, 0.4) is 0 Å². The lowest BCUT2D eigenvalue weighted by Crippen LogP contribution is -2.39. The molecule has 110 valence electrons. The zero-order valence-electron chi connectivity index (χ0n) is 11.3. The van der Waals surface area contributed by atoms with Gasteiger partial charge in [-0.3, -0.25) is 9.59 Å². The van der Waals surface area contributed by atoms with Gasteiger partial charge in [0.05, 0.1) is 5.25 Å². The summed E-state index contributed by atoms with van der Waals surface area (Å²) in [6.07, 6.45) is 3.48. The first kappa shape index (κ1) is 17.8. The van der Waals surface area contributed by atoms with Gasteiger partial charge in [0.2, 0.25) is 12.3 Å². The topological polar surface area (TPSA) is 95.5 Å². The Kier molecular flexibility index (Phi) is 9.97. The van der Waals surface area contributed by atoms with Crippen molar-refractivity contribution in [3.8, 4) is 0 Å². The van der Waals surface area contributed by atoms with E-state index < -0.39 is 12.0 Å². The third-order valence-corrected chi connectivity index (χ3v) is 3.77. The summed E-state index contributed by atoms with van der Waals surface area (Å²) in [5.41, 5.74) is 0. The van der Waals surface area contributed by atoms with Gasteiger partial charge in [0, 0.05) is 12.3 Å². The fourth-order valence-corrected chi connectivity index (χ4v) is 2.27. The molecule has 2 atom stereocenters. The van der Waals surface area contributed by atoms with Gasteiger partial charge < -0.3 is 15.7 Å². The third kappa shape index (κ3) is 8.47. The molecule has 19 heavy (non-hydrogen) atoms. The molecule has 0 aliphatic heterocycles. The molecule has 0 aliphatic rings. The summed E-state index contributed by atoms with van der Waals surface area (Å²) in [6, 6.07) is -0.960. The molecule has 0 rings (SSSR count). The standard InChI is InChI=1S/C12H22N2O4S/c1-3-4-5-6-13-11(16)9(2)19-7-10(12(17)18)14-8-15/h8-10H,3-7H2,1-2H3,(H,13,16)(H,14,15)(H,17,18). The van der Waals surface area contributed by atoms with Crippen LogP contribution < -0.4 is 10.6 Å². The van der Waals surface area contributed by atoms with Crippen LogP contribution in [0.25, 0.3) is 0 Å². The van der Waals surface area contributed by atoms with Crippen molar-refractivity contribution in [3.63, 3.8) is 0 Å². The Labute approximate surface area is 117 Å². The average Bonchev–Trinajstić information content (AvgIpc) is 2.38. The second kappa shape index (κ2) is 10.7. The van der Waals surface area contributed by atoms with E-state index in [1.807, 2.05) is 0 Å². The van der Waals surface area contributed by atoms with Crippen LogP contribution in [0.2, 0.25) is 0 Å². The van der Waals surface area contributed by atoms with Crippen molar-refractivity contribution in [2.75, 3.05) is 12.3 Å². The minimum absolute atomic E-state index is 0.101. The van der Waals surface area contributed by atoms with Gasteiger partial charge in [-0.15, -0.1) is 11.8 Å². The maximum Gasteiger partial charge on any atom is 0.327 e. The van der Waals surface area contributed by atoms with E-state index in [9.17, 15) is 14.4 Å². The number of carbonyl (C=O) groups is 3. The smallest absolute Gasteiger partial charge is 0.327 e. The number of rotatable bonds is 11. The van der Waals surface area contributed by atoms with Gasteiger partial charge in [0.25, 0.3) is 0 Å². The quantitative estimate of drug-likeness (QED) is 0.383. The molecule has 0 radical (unpaired) electrons. The number of thioether (sulfide) groups is 1. The second-order valence-electron chi connectivity index (χ2n) is 4.15. The first-order valence-electron chi connectivity index (χ1n) is 6.34. The highest BCUT2D eigenvalue weighted by Crippen LogP contribution is 2.12. The Morgan fingerprint density at radius 2 is 2.05 bits per heavy atom. The number of unbranched alkanes of at least 4 members (excludes halogenated alkanes) is 2. The van der Waals surface area contributed by atoms with Crippen LogP contribution in [0.15, 0.2) is 0 Å². The normalized spacial score (nSPS) is 13.4. The van der Waals surface area contributed by atoms with Crippen LogP contribution in [0.4, 0.5) is 0 Å². The largest absolute Gasteiger partial charge is 0.480 e. The van der Waals surface area contributed by atoms with Crippen LogP contribution in [-0.2, 0) is 14.4 Å². The molecule has 0 aromatic rings. The van der Waals surface area contributed by atoms with Crippen molar-refractivity contribution < 1.29 is 19.5 Å². The summed E-state index contributed by atoms with van der Waals surface area (Å²) >= 11 is 1.21. The summed E-state index contributed by atoms with van der Waals surface area (Å²) in [7, 11) is 0. The molecule has 0 aromatic heterocycles. The molecule has 7 heteroatoms. The maximum absolute atomic E-state index is 11.7. The van der Waals surface area contributed by atoms with Gasteiger partial charge in [-0.1, -0.05) is 19.8 Å². The molecule has 0 saturated carbocycles. The number of aliphatic carboxylic acids is 1. The monoisotopic (exact) mass is 290 g/mol. The van der Waals surface area contributed by atoms with Gasteiger partial charge in [0.1, 0.15) is 6.04 Å². The van der Waals surface area contributed by atoms with E-state index >= 15 is 0 Å². The first-order valence-corrected chi connectivity index (χ1v) is 7.39. The molecule has 0 aromatic carbocycles. The van der Waals surface area contributed by atoms with Crippen molar-refractivity contribution in [1.82, 2.24) is 10.6 Å².